The first kappa shape index (κ1) is 14.0. The van der Waals surface area contributed by atoms with E-state index in [1.165, 1.54) is 10.5 Å². The maximum Gasteiger partial charge on any atom is 0.306 e. The van der Waals surface area contributed by atoms with Crippen LogP contribution >= 0.6 is 0 Å². The second kappa shape index (κ2) is 5.27. The molecule has 9 heteroatoms. The van der Waals surface area contributed by atoms with Gasteiger partial charge in [-0.25, -0.2) is 13.4 Å². The highest BCUT2D eigenvalue weighted by Gasteiger charge is 2.32. The fraction of sp³-hybridized carbons (Fsp3) is 0.600. The summed E-state index contributed by atoms with van der Waals surface area (Å²) in [6.45, 7) is 2.08. The zero-order valence-corrected chi connectivity index (χ0v) is 11.2. The molecule has 1 unspecified atom stereocenters. The van der Waals surface area contributed by atoms with Crippen molar-refractivity contribution in [2.45, 2.75) is 24.5 Å². The molecule has 0 saturated carbocycles. The number of H-pyrrole nitrogens is 1. The van der Waals surface area contributed by atoms with Crippen molar-refractivity contribution in [3.63, 3.8) is 0 Å². The smallest absolute Gasteiger partial charge is 0.306 e. The van der Waals surface area contributed by atoms with Crippen molar-refractivity contribution < 1.29 is 23.1 Å². The number of sulfonamides is 1. The van der Waals surface area contributed by atoms with Crippen LogP contribution in [0.1, 0.15) is 12.2 Å². The SMILES string of the molecule is Cc1ncc(S(=O)(=O)N2CCOC(CC(=O)O)C2)[nH]1. The number of carboxylic acid groups (broad SMARTS) is 1. The van der Waals surface area contributed by atoms with Gasteiger partial charge in [0, 0.05) is 13.1 Å². The molecule has 1 fully saturated rings. The Bertz CT molecular complexity index is 567. The van der Waals surface area contributed by atoms with Crippen LogP contribution in [0.5, 0.6) is 0 Å². The number of aryl methyl sites for hydroxylation is 1. The summed E-state index contributed by atoms with van der Waals surface area (Å²) >= 11 is 0. The van der Waals surface area contributed by atoms with Crippen molar-refractivity contribution in [2.24, 2.45) is 0 Å². The monoisotopic (exact) mass is 289 g/mol. The molecule has 1 aliphatic rings. The molecule has 19 heavy (non-hydrogen) atoms. The number of aromatic amines is 1. The molecule has 0 aliphatic carbocycles. The average molecular weight is 289 g/mol. The number of imidazole rings is 1. The lowest BCUT2D eigenvalue weighted by molar-refractivity contribution is -0.141. The van der Waals surface area contributed by atoms with Gasteiger partial charge in [-0.3, -0.25) is 4.79 Å². The summed E-state index contributed by atoms with van der Waals surface area (Å²) in [5.41, 5.74) is 0. The van der Waals surface area contributed by atoms with Crippen LogP contribution in [0, 0.1) is 6.92 Å². The largest absolute Gasteiger partial charge is 0.481 e. The molecule has 0 spiro atoms. The number of carboxylic acids is 1. The molecular weight excluding hydrogens is 274 g/mol. The lowest BCUT2D eigenvalue weighted by atomic mass is 10.2. The highest BCUT2D eigenvalue weighted by Crippen LogP contribution is 2.18. The lowest BCUT2D eigenvalue weighted by Gasteiger charge is -2.30. The number of nitrogens with zero attached hydrogens (tertiary/aromatic N) is 2. The van der Waals surface area contributed by atoms with E-state index < -0.39 is 22.1 Å². The topological polar surface area (TPSA) is 113 Å². The third kappa shape index (κ3) is 3.11. The quantitative estimate of drug-likeness (QED) is 0.778. The first-order valence-corrected chi connectivity index (χ1v) is 7.19. The van der Waals surface area contributed by atoms with Gasteiger partial charge in [-0.15, -0.1) is 0 Å². The number of nitrogens with one attached hydrogen (secondary N) is 1. The fourth-order valence-electron chi connectivity index (χ4n) is 1.90. The Labute approximate surface area is 110 Å². The van der Waals surface area contributed by atoms with Crippen molar-refractivity contribution in [3.05, 3.63) is 12.0 Å². The number of ether oxygens (including phenoxy) is 1. The molecule has 2 rings (SSSR count). The van der Waals surface area contributed by atoms with Gasteiger partial charge in [0.2, 0.25) is 0 Å². The van der Waals surface area contributed by atoms with Crippen molar-refractivity contribution >= 4 is 16.0 Å². The highest BCUT2D eigenvalue weighted by atomic mass is 32.2. The Kier molecular flexibility index (Phi) is 3.88. The second-order valence-corrected chi connectivity index (χ2v) is 6.19. The number of morpholine rings is 1. The fourth-order valence-corrected chi connectivity index (χ4v) is 3.32. The molecule has 1 atom stereocenters. The van der Waals surface area contributed by atoms with Crippen LogP contribution in [0.2, 0.25) is 0 Å². The van der Waals surface area contributed by atoms with Crippen molar-refractivity contribution in [3.8, 4) is 0 Å². The molecule has 0 bridgehead atoms. The Morgan fingerprint density at radius 1 is 1.68 bits per heavy atom. The summed E-state index contributed by atoms with van der Waals surface area (Å²) in [6.07, 6.45) is 0.422. The molecule has 1 aromatic heterocycles. The third-order valence-corrected chi connectivity index (χ3v) is 4.58. The Morgan fingerprint density at radius 2 is 2.42 bits per heavy atom. The number of hydrogen-bond acceptors (Lipinski definition) is 5. The lowest BCUT2D eigenvalue weighted by Crippen LogP contribution is -2.46. The summed E-state index contributed by atoms with van der Waals surface area (Å²) in [4.78, 5) is 17.2. The van der Waals surface area contributed by atoms with Crippen molar-refractivity contribution in [2.75, 3.05) is 19.7 Å². The van der Waals surface area contributed by atoms with E-state index in [4.69, 9.17) is 9.84 Å². The normalized spacial score (nSPS) is 21.4. The van der Waals surface area contributed by atoms with Gasteiger partial charge in [0.25, 0.3) is 10.0 Å². The van der Waals surface area contributed by atoms with Crippen LogP contribution in [0.3, 0.4) is 0 Å². The number of aromatic nitrogens is 2. The minimum atomic E-state index is -3.67. The van der Waals surface area contributed by atoms with Crippen molar-refractivity contribution in [1.82, 2.24) is 14.3 Å². The Morgan fingerprint density at radius 3 is 3.00 bits per heavy atom. The summed E-state index contributed by atoms with van der Waals surface area (Å²) < 4.78 is 31.0. The summed E-state index contributed by atoms with van der Waals surface area (Å²) in [6, 6.07) is 0. The summed E-state index contributed by atoms with van der Waals surface area (Å²) in [5, 5.41) is 8.73. The third-order valence-electron chi connectivity index (χ3n) is 2.80. The Balaban J connectivity index is 2.14. The van der Waals surface area contributed by atoms with Crippen molar-refractivity contribution in [1.29, 1.82) is 0 Å². The van der Waals surface area contributed by atoms with Crippen LogP contribution in [-0.2, 0) is 19.6 Å². The molecule has 0 radical (unpaired) electrons. The van der Waals surface area contributed by atoms with E-state index in [0.717, 1.165) is 0 Å². The molecule has 106 valence electrons. The predicted molar refractivity (Wildman–Crippen MR) is 64.1 cm³/mol. The van der Waals surface area contributed by atoms with Gasteiger partial charge in [-0.1, -0.05) is 0 Å². The number of hydrogen-bond donors (Lipinski definition) is 2. The van der Waals surface area contributed by atoms with E-state index in [1.54, 1.807) is 6.92 Å². The van der Waals surface area contributed by atoms with Gasteiger partial charge in [0.15, 0.2) is 5.03 Å². The minimum Gasteiger partial charge on any atom is -0.481 e. The van der Waals surface area contributed by atoms with Crippen LogP contribution in [-0.4, -0.2) is 59.6 Å². The second-order valence-electron chi connectivity index (χ2n) is 4.29. The molecule has 8 nitrogen and oxygen atoms in total. The summed E-state index contributed by atoms with van der Waals surface area (Å²) in [5.74, 6) is -0.504. The average Bonchev–Trinajstić information content (AvgIpc) is 2.76. The predicted octanol–water partition coefficient (Wildman–Crippen LogP) is -0.418. The molecule has 0 aromatic carbocycles. The van der Waals surface area contributed by atoms with E-state index in [1.807, 2.05) is 0 Å². The van der Waals surface area contributed by atoms with Crippen LogP contribution in [0.25, 0.3) is 0 Å². The van der Waals surface area contributed by atoms with E-state index in [9.17, 15) is 13.2 Å². The summed E-state index contributed by atoms with van der Waals surface area (Å²) in [7, 11) is -3.67. The standard InChI is InChI=1S/C10H15N3O5S/c1-7-11-5-9(12-7)19(16,17)13-2-3-18-8(6-13)4-10(14)15/h5,8H,2-4,6H2,1H3,(H,11,12)(H,14,15). The number of aliphatic carboxylic acids is 1. The van der Waals surface area contributed by atoms with Crippen LogP contribution < -0.4 is 0 Å². The highest BCUT2D eigenvalue weighted by molar-refractivity contribution is 7.89. The van der Waals surface area contributed by atoms with Gasteiger partial charge in [0.05, 0.1) is 25.3 Å². The molecule has 1 saturated heterocycles. The first-order chi connectivity index (χ1) is 8.89. The van der Waals surface area contributed by atoms with Gasteiger partial charge in [0.1, 0.15) is 5.82 Å². The van der Waals surface area contributed by atoms with E-state index in [0.29, 0.717) is 5.82 Å². The molecular formula is C10H15N3O5S. The Hall–Kier alpha value is -1.45. The van der Waals surface area contributed by atoms with Gasteiger partial charge >= 0.3 is 5.97 Å². The van der Waals surface area contributed by atoms with E-state index >= 15 is 0 Å². The molecule has 2 N–H and O–H groups in total. The van der Waals surface area contributed by atoms with Gasteiger partial charge in [-0.2, -0.15) is 4.31 Å². The minimum absolute atomic E-state index is 0.0148. The number of rotatable bonds is 4. The van der Waals surface area contributed by atoms with Gasteiger partial charge < -0.3 is 14.8 Å². The first-order valence-electron chi connectivity index (χ1n) is 5.75. The molecule has 2 heterocycles. The van der Waals surface area contributed by atoms with Gasteiger partial charge in [-0.05, 0) is 6.92 Å². The van der Waals surface area contributed by atoms with E-state index in [-0.39, 0.29) is 31.1 Å². The molecule has 0 amide bonds. The van der Waals surface area contributed by atoms with Crippen LogP contribution in [0.4, 0.5) is 0 Å². The molecule has 1 aliphatic heterocycles. The van der Waals surface area contributed by atoms with Crippen LogP contribution in [0.15, 0.2) is 11.2 Å². The maximum atomic E-state index is 12.3. The maximum absolute atomic E-state index is 12.3. The zero-order valence-electron chi connectivity index (χ0n) is 10.4. The zero-order chi connectivity index (χ0) is 14.0. The molecule has 1 aromatic rings. The van der Waals surface area contributed by atoms with E-state index in [2.05, 4.69) is 9.97 Å². The number of carbonyl (C=O) groups is 1.